The Morgan fingerprint density at radius 2 is 2.38 bits per heavy atom. The highest BCUT2D eigenvalue weighted by Crippen LogP contribution is 2.24. The van der Waals surface area contributed by atoms with E-state index in [1.165, 1.54) is 0 Å². The van der Waals surface area contributed by atoms with Gasteiger partial charge < -0.3 is 4.74 Å². The highest BCUT2D eigenvalue weighted by Gasteiger charge is 2.23. The molecule has 0 spiro atoms. The predicted octanol–water partition coefficient (Wildman–Crippen LogP) is 1.05. The maximum Gasteiger partial charge on any atom is 0.166 e. The summed E-state index contributed by atoms with van der Waals surface area (Å²) in [5.41, 5.74) is 1.30. The second-order valence-electron chi connectivity index (χ2n) is 3.88. The number of hydrogen-bond donors (Lipinski definition) is 0. The third-order valence-corrected chi connectivity index (χ3v) is 2.90. The van der Waals surface area contributed by atoms with Crippen LogP contribution in [-0.4, -0.2) is 34.1 Å². The minimum Gasteiger partial charge on any atom is -0.381 e. The average molecular weight is 217 g/mol. The first-order valence-electron chi connectivity index (χ1n) is 5.27. The van der Waals surface area contributed by atoms with Gasteiger partial charge in [-0.3, -0.25) is 9.20 Å². The van der Waals surface area contributed by atoms with Crippen LogP contribution in [0, 0.1) is 0 Å². The van der Waals surface area contributed by atoms with Crippen molar-refractivity contribution >= 4 is 11.9 Å². The summed E-state index contributed by atoms with van der Waals surface area (Å²) in [5.74, 6) is 1.08. The van der Waals surface area contributed by atoms with E-state index in [9.17, 15) is 4.79 Å². The summed E-state index contributed by atoms with van der Waals surface area (Å²) in [6.45, 7) is 1.41. The lowest BCUT2D eigenvalue weighted by molar-refractivity contribution is 0.111. The molecule has 0 aliphatic carbocycles. The van der Waals surface area contributed by atoms with Crippen LogP contribution in [0.2, 0.25) is 0 Å². The SMILES string of the molecule is O=Cc1cccc2nnc(C3CCOC3)n12. The maximum absolute atomic E-state index is 11.0. The number of carbonyl (C=O) groups is 1. The van der Waals surface area contributed by atoms with Gasteiger partial charge >= 0.3 is 0 Å². The molecule has 1 atom stereocenters. The van der Waals surface area contributed by atoms with Gasteiger partial charge in [-0.2, -0.15) is 0 Å². The fraction of sp³-hybridized carbons (Fsp3) is 0.364. The van der Waals surface area contributed by atoms with Crippen LogP contribution in [0.4, 0.5) is 0 Å². The number of aromatic nitrogens is 3. The summed E-state index contributed by atoms with van der Waals surface area (Å²) in [6.07, 6.45) is 1.77. The number of rotatable bonds is 2. The highest BCUT2D eigenvalue weighted by atomic mass is 16.5. The topological polar surface area (TPSA) is 56.5 Å². The van der Waals surface area contributed by atoms with Crippen LogP contribution in [-0.2, 0) is 4.74 Å². The molecule has 2 aromatic rings. The van der Waals surface area contributed by atoms with E-state index in [4.69, 9.17) is 4.74 Å². The molecule has 0 aromatic carbocycles. The van der Waals surface area contributed by atoms with E-state index in [1.54, 1.807) is 6.07 Å². The first kappa shape index (κ1) is 9.47. The number of ether oxygens (including phenoxy) is 1. The number of aldehydes is 1. The lowest BCUT2D eigenvalue weighted by Gasteiger charge is -2.06. The van der Waals surface area contributed by atoms with Gasteiger partial charge in [-0.1, -0.05) is 6.07 Å². The number of pyridine rings is 1. The number of nitrogens with zero attached hydrogens (tertiary/aromatic N) is 3. The molecule has 5 heteroatoms. The van der Waals surface area contributed by atoms with E-state index in [0.717, 1.165) is 25.1 Å². The van der Waals surface area contributed by atoms with Crippen LogP contribution in [0.15, 0.2) is 18.2 Å². The van der Waals surface area contributed by atoms with E-state index in [1.807, 2.05) is 16.5 Å². The quantitative estimate of drug-likeness (QED) is 0.705. The van der Waals surface area contributed by atoms with Crippen molar-refractivity contribution in [2.75, 3.05) is 13.2 Å². The third kappa shape index (κ3) is 1.32. The van der Waals surface area contributed by atoms with Gasteiger partial charge in [0.05, 0.1) is 12.3 Å². The Bertz CT molecular complexity index is 529. The van der Waals surface area contributed by atoms with Gasteiger partial charge in [0.15, 0.2) is 11.9 Å². The Hall–Kier alpha value is -1.75. The van der Waals surface area contributed by atoms with E-state index < -0.39 is 0 Å². The Balaban J connectivity index is 2.20. The fourth-order valence-electron chi connectivity index (χ4n) is 2.08. The van der Waals surface area contributed by atoms with Gasteiger partial charge in [0, 0.05) is 12.5 Å². The van der Waals surface area contributed by atoms with Crippen LogP contribution in [0.5, 0.6) is 0 Å². The summed E-state index contributed by atoms with van der Waals surface area (Å²) in [6, 6.07) is 5.42. The van der Waals surface area contributed by atoms with Crippen molar-refractivity contribution in [1.82, 2.24) is 14.6 Å². The zero-order valence-corrected chi connectivity index (χ0v) is 8.67. The first-order chi connectivity index (χ1) is 7.90. The minimum absolute atomic E-state index is 0.246. The summed E-state index contributed by atoms with van der Waals surface area (Å²) in [5, 5.41) is 8.23. The molecule has 3 heterocycles. The summed E-state index contributed by atoms with van der Waals surface area (Å²) in [4.78, 5) is 11.0. The summed E-state index contributed by atoms with van der Waals surface area (Å²) in [7, 11) is 0. The molecule has 16 heavy (non-hydrogen) atoms. The Morgan fingerprint density at radius 1 is 1.44 bits per heavy atom. The Kier molecular flexibility index (Phi) is 2.18. The molecule has 0 amide bonds. The van der Waals surface area contributed by atoms with E-state index in [0.29, 0.717) is 17.9 Å². The largest absolute Gasteiger partial charge is 0.381 e. The predicted molar refractivity (Wildman–Crippen MR) is 56.6 cm³/mol. The van der Waals surface area contributed by atoms with Crippen molar-refractivity contribution < 1.29 is 9.53 Å². The summed E-state index contributed by atoms with van der Waals surface area (Å²) < 4.78 is 7.15. The molecule has 82 valence electrons. The van der Waals surface area contributed by atoms with Gasteiger partial charge in [0.2, 0.25) is 0 Å². The van der Waals surface area contributed by atoms with E-state index in [2.05, 4.69) is 10.2 Å². The fourth-order valence-corrected chi connectivity index (χ4v) is 2.08. The third-order valence-electron chi connectivity index (χ3n) is 2.90. The second-order valence-corrected chi connectivity index (χ2v) is 3.88. The summed E-state index contributed by atoms with van der Waals surface area (Å²) >= 11 is 0. The average Bonchev–Trinajstić information content (AvgIpc) is 2.96. The number of fused-ring (bicyclic) bond motifs is 1. The van der Waals surface area contributed by atoms with Crippen molar-refractivity contribution in [2.24, 2.45) is 0 Å². The van der Waals surface area contributed by atoms with Crippen LogP contribution in [0.1, 0.15) is 28.7 Å². The molecular weight excluding hydrogens is 206 g/mol. The molecule has 1 aliphatic heterocycles. The Labute approximate surface area is 92.1 Å². The van der Waals surface area contributed by atoms with Crippen molar-refractivity contribution in [1.29, 1.82) is 0 Å². The molecule has 2 aromatic heterocycles. The van der Waals surface area contributed by atoms with Crippen molar-refractivity contribution in [2.45, 2.75) is 12.3 Å². The standard InChI is InChI=1S/C11H11N3O2/c15-6-9-2-1-3-10-12-13-11(14(9)10)8-4-5-16-7-8/h1-3,6,8H,4-5,7H2. The molecule has 0 N–H and O–H groups in total. The minimum atomic E-state index is 0.246. The van der Waals surface area contributed by atoms with E-state index in [-0.39, 0.29) is 5.92 Å². The smallest absolute Gasteiger partial charge is 0.166 e. The van der Waals surface area contributed by atoms with Gasteiger partial charge in [-0.05, 0) is 18.6 Å². The molecule has 5 nitrogen and oxygen atoms in total. The molecule has 3 rings (SSSR count). The number of hydrogen-bond acceptors (Lipinski definition) is 4. The Morgan fingerprint density at radius 3 is 3.12 bits per heavy atom. The van der Waals surface area contributed by atoms with Crippen LogP contribution in [0.25, 0.3) is 5.65 Å². The molecular formula is C11H11N3O2. The lowest BCUT2D eigenvalue weighted by Crippen LogP contribution is -2.07. The van der Waals surface area contributed by atoms with Crippen LogP contribution >= 0.6 is 0 Å². The maximum atomic E-state index is 11.0. The second kappa shape index (κ2) is 3.68. The molecule has 0 bridgehead atoms. The molecule has 0 radical (unpaired) electrons. The lowest BCUT2D eigenvalue weighted by atomic mass is 10.1. The van der Waals surface area contributed by atoms with Gasteiger partial charge in [0.25, 0.3) is 0 Å². The van der Waals surface area contributed by atoms with Crippen molar-refractivity contribution in [3.8, 4) is 0 Å². The molecule has 1 saturated heterocycles. The first-order valence-corrected chi connectivity index (χ1v) is 5.27. The normalized spacial score (nSPS) is 20.4. The zero-order valence-electron chi connectivity index (χ0n) is 8.67. The number of carbonyl (C=O) groups excluding carboxylic acids is 1. The molecule has 0 saturated carbocycles. The van der Waals surface area contributed by atoms with Crippen molar-refractivity contribution in [3.63, 3.8) is 0 Å². The van der Waals surface area contributed by atoms with Crippen LogP contribution in [0.3, 0.4) is 0 Å². The van der Waals surface area contributed by atoms with Gasteiger partial charge in [-0.15, -0.1) is 10.2 Å². The zero-order chi connectivity index (χ0) is 11.0. The molecule has 1 aliphatic rings. The van der Waals surface area contributed by atoms with E-state index >= 15 is 0 Å². The van der Waals surface area contributed by atoms with Gasteiger partial charge in [0.1, 0.15) is 5.82 Å². The monoisotopic (exact) mass is 217 g/mol. The van der Waals surface area contributed by atoms with Crippen molar-refractivity contribution in [3.05, 3.63) is 29.7 Å². The highest BCUT2D eigenvalue weighted by molar-refractivity contribution is 5.74. The molecule has 1 unspecified atom stereocenters. The molecule has 1 fully saturated rings. The van der Waals surface area contributed by atoms with Crippen LogP contribution < -0.4 is 0 Å². The van der Waals surface area contributed by atoms with Gasteiger partial charge in [-0.25, -0.2) is 0 Å².